The van der Waals surface area contributed by atoms with E-state index in [2.05, 4.69) is 20.4 Å². The number of carbonyl (C=O) groups is 2. The highest BCUT2D eigenvalue weighted by atomic mass is 32.2. The van der Waals surface area contributed by atoms with Crippen LogP contribution in [0.5, 0.6) is 11.6 Å². The largest absolute Gasteiger partial charge is 0.496 e. The summed E-state index contributed by atoms with van der Waals surface area (Å²) in [5.41, 5.74) is -0.371. The van der Waals surface area contributed by atoms with Crippen LogP contribution in [-0.4, -0.2) is 61.0 Å². The summed E-state index contributed by atoms with van der Waals surface area (Å²) >= 11 is 0. The number of esters is 1. The molecule has 0 saturated carbocycles. The van der Waals surface area contributed by atoms with Gasteiger partial charge in [-0.05, 0) is 19.1 Å². The van der Waals surface area contributed by atoms with Crippen molar-refractivity contribution in [3.63, 3.8) is 0 Å². The first-order valence-corrected chi connectivity index (χ1v) is 10.9. The number of nitrogens with one attached hydrogen (secondary N) is 2. The number of pyridine rings is 2. The average Bonchev–Trinajstić information content (AvgIpc) is 3.25. The fourth-order valence-corrected chi connectivity index (χ4v) is 3.85. The number of amides is 2. The van der Waals surface area contributed by atoms with E-state index < -0.39 is 27.0 Å². The van der Waals surface area contributed by atoms with E-state index >= 15 is 0 Å². The summed E-state index contributed by atoms with van der Waals surface area (Å²) in [5, 5.41) is 5.61. The van der Waals surface area contributed by atoms with Crippen LogP contribution in [0.25, 0.3) is 5.82 Å². The maximum absolute atomic E-state index is 13.1. The zero-order valence-electron chi connectivity index (χ0n) is 17.8. The van der Waals surface area contributed by atoms with Crippen molar-refractivity contribution in [1.82, 2.24) is 24.5 Å². The topological polar surface area (TPSA) is 164 Å². The Morgan fingerprint density at radius 1 is 1.15 bits per heavy atom. The molecule has 0 aromatic carbocycles. The lowest BCUT2D eigenvalue weighted by Crippen LogP contribution is -2.36. The molecule has 13 nitrogen and oxygen atoms in total. The van der Waals surface area contributed by atoms with E-state index in [1.165, 1.54) is 38.6 Å². The summed E-state index contributed by atoms with van der Waals surface area (Å²) in [6.07, 6.45) is 2.44. The molecule has 0 aliphatic carbocycles. The molecule has 33 heavy (non-hydrogen) atoms. The van der Waals surface area contributed by atoms with Gasteiger partial charge in [-0.1, -0.05) is 6.07 Å². The van der Waals surface area contributed by atoms with Crippen LogP contribution >= 0.6 is 0 Å². The van der Waals surface area contributed by atoms with Crippen molar-refractivity contribution >= 4 is 27.8 Å². The first-order chi connectivity index (χ1) is 15.8. The van der Waals surface area contributed by atoms with Crippen LogP contribution in [0.15, 0.2) is 47.8 Å². The Hall–Kier alpha value is -4.20. The summed E-state index contributed by atoms with van der Waals surface area (Å²) in [4.78, 5) is 32.9. The minimum Gasteiger partial charge on any atom is -0.496 e. The smallest absolute Gasteiger partial charge is 0.342 e. The van der Waals surface area contributed by atoms with Crippen LogP contribution < -0.4 is 19.5 Å². The van der Waals surface area contributed by atoms with Gasteiger partial charge in [0, 0.05) is 18.3 Å². The Bertz CT molecular complexity index is 1240. The maximum atomic E-state index is 13.1. The van der Waals surface area contributed by atoms with Gasteiger partial charge in [0.25, 0.3) is 10.0 Å². The molecule has 3 heterocycles. The van der Waals surface area contributed by atoms with Crippen molar-refractivity contribution in [3.05, 3.63) is 48.3 Å². The molecule has 0 spiro atoms. The Morgan fingerprint density at radius 2 is 1.94 bits per heavy atom. The second kappa shape index (κ2) is 9.95. The molecule has 0 aliphatic rings. The van der Waals surface area contributed by atoms with Gasteiger partial charge in [0.2, 0.25) is 5.88 Å². The van der Waals surface area contributed by atoms with Gasteiger partial charge in [0.05, 0.1) is 27.0 Å². The molecule has 2 N–H and O–H groups in total. The zero-order valence-corrected chi connectivity index (χ0v) is 18.6. The van der Waals surface area contributed by atoms with Crippen molar-refractivity contribution in [2.45, 2.75) is 11.9 Å². The van der Waals surface area contributed by atoms with Crippen molar-refractivity contribution < 1.29 is 32.2 Å². The van der Waals surface area contributed by atoms with Crippen LogP contribution in [0, 0.1) is 0 Å². The predicted molar refractivity (Wildman–Crippen MR) is 114 cm³/mol. The number of anilines is 1. The maximum Gasteiger partial charge on any atom is 0.342 e. The van der Waals surface area contributed by atoms with Crippen LogP contribution in [0.3, 0.4) is 0 Å². The van der Waals surface area contributed by atoms with E-state index in [0.29, 0.717) is 5.75 Å². The number of aromatic nitrogens is 4. The molecule has 0 unspecified atom stereocenters. The van der Waals surface area contributed by atoms with Crippen molar-refractivity contribution in [2.75, 3.05) is 26.1 Å². The van der Waals surface area contributed by atoms with Gasteiger partial charge in [0.1, 0.15) is 17.1 Å². The summed E-state index contributed by atoms with van der Waals surface area (Å²) in [6, 6.07) is 6.38. The number of nitrogens with zero attached hydrogens (tertiary/aromatic N) is 4. The summed E-state index contributed by atoms with van der Waals surface area (Å²) in [6.45, 7) is 1.57. The zero-order chi connectivity index (χ0) is 24.0. The van der Waals surface area contributed by atoms with Crippen molar-refractivity contribution in [1.29, 1.82) is 0 Å². The number of urea groups is 1. The monoisotopic (exact) mass is 476 g/mol. The predicted octanol–water partition coefficient (Wildman–Crippen LogP) is 1.37. The molecule has 2 amide bonds. The lowest BCUT2D eigenvalue weighted by molar-refractivity contribution is 0.0521. The van der Waals surface area contributed by atoms with Gasteiger partial charge >= 0.3 is 12.0 Å². The second-order valence-electron chi connectivity index (χ2n) is 6.18. The van der Waals surface area contributed by atoms with Crippen molar-refractivity contribution in [2.24, 2.45) is 0 Å². The number of rotatable bonds is 8. The Kier molecular flexibility index (Phi) is 7.07. The minimum atomic E-state index is -4.63. The van der Waals surface area contributed by atoms with Crippen LogP contribution in [0.4, 0.5) is 10.6 Å². The fraction of sp³-hybridized carbons (Fsp3) is 0.211. The van der Waals surface area contributed by atoms with E-state index in [1.54, 1.807) is 19.1 Å². The van der Waals surface area contributed by atoms with E-state index in [0.717, 1.165) is 10.9 Å². The minimum absolute atomic E-state index is 0.00431. The second-order valence-corrected chi connectivity index (χ2v) is 7.78. The molecular weight excluding hydrogens is 456 g/mol. The molecule has 0 saturated heterocycles. The molecule has 0 fully saturated rings. The number of carbonyl (C=O) groups excluding carboxylic acids is 2. The van der Waals surface area contributed by atoms with Gasteiger partial charge in [-0.3, -0.25) is 5.32 Å². The normalized spacial score (nSPS) is 10.9. The van der Waals surface area contributed by atoms with Gasteiger partial charge in [0.15, 0.2) is 10.8 Å². The van der Waals surface area contributed by atoms with Crippen LogP contribution in [-0.2, 0) is 14.8 Å². The molecule has 174 valence electrons. The average molecular weight is 476 g/mol. The third-order valence-corrected chi connectivity index (χ3v) is 5.39. The molecule has 3 aromatic rings. The Morgan fingerprint density at radius 3 is 2.58 bits per heavy atom. The summed E-state index contributed by atoms with van der Waals surface area (Å²) in [5.74, 6) is -0.418. The third kappa shape index (κ3) is 5.35. The lowest BCUT2D eigenvalue weighted by atomic mass is 10.4. The highest BCUT2D eigenvalue weighted by Gasteiger charge is 2.32. The first-order valence-electron chi connectivity index (χ1n) is 9.39. The molecular formula is C19H20N6O7S. The van der Waals surface area contributed by atoms with E-state index in [9.17, 15) is 18.0 Å². The summed E-state index contributed by atoms with van der Waals surface area (Å²) < 4.78 is 44.0. The number of ether oxygens (including phenoxy) is 3. The van der Waals surface area contributed by atoms with Gasteiger partial charge in [-0.2, -0.15) is 18.5 Å². The first kappa shape index (κ1) is 23.5. The SMILES string of the molecule is CCOC(=O)c1cnn(-c2ccccn2)c1S(=O)(=O)NC(=O)Nc1cc(OC)cc(OC)n1. The molecule has 14 heteroatoms. The molecule has 0 radical (unpaired) electrons. The number of methoxy groups -OCH3 is 2. The van der Waals surface area contributed by atoms with E-state index in [1.807, 2.05) is 4.72 Å². The fourth-order valence-electron chi connectivity index (χ4n) is 2.67. The highest BCUT2D eigenvalue weighted by molar-refractivity contribution is 7.90. The van der Waals surface area contributed by atoms with Crippen LogP contribution in [0.1, 0.15) is 17.3 Å². The van der Waals surface area contributed by atoms with E-state index in [4.69, 9.17) is 14.2 Å². The number of sulfonamides is 1. The van der Waals surface area contributed by atoms with E-state index in [-0.39, 0.29) is 29.7 Å². The van der Waals surface area contributed by atoms with Gasteiger partial charge in [-0.25, -0.2) is 24.0 Å². The van der Waals surface area contributed by atoms with Crippen molar-refractivity contribution in [3.8, 4) is 17.4 Å². The highest BCUT2D eigenvalue weighted by Crippen LogP contribution is 2.23. The lowest BCUT2D eigenvalue weighted by Gasteiger charge is -2.12. The Labute approximate surface area is 188 Å². The quantitative estimate of drug-likeness (QED) is 0.454. The van der Waals surface area contributed by atoms with Gasteiger partial charge < -0.3 is 14.2 Å². The summed E-state index contributed by atoms with van der Waals surface area (Å²) in [7, 11) is -1.86. The number of hydrogen-bond donors (Lipinski definition) is 2. The standard InChI is InChI=1S/C19H20N6O7S/c1-4-32-18(26)13-11-21-25(15-7-5-6-8-20-15)17(13)33(28,29)24-19(27)23-14-9-12(30-2)10-16(22-14)31-3/h5-11H,4H2,1-3H3,(H2,22,23,24,27). The molecule has 0 bridgehead atoms. The molecule has 0 atom stereocenters. The number of hydrogen-bond acceptors (Lipinski definition) is 10. The molecule has 3 aromatic heterocycles. The van der Waals surface area contributed by atoms with Crippen LogP contribution in [0.2, 0.25) is 0 Å². The van der Waals surface area contributed by atoms with Gasteiger partial charge in [-0.15, -0.1) is 0 Å². The molecule has 0 aliphatic heterocycles. The molecule has 3 rings (SSSR count). The third-order valence-electron chi connectivity index (χ3n) is 4.03. The Balaban J connectivity index is 1.95.